The molecule has 0 spiro atoms. The lowest BCUT2D eigenvalue weighted by atomic mass is 10.0. The molecular weight excluding hydrogens is 202 g/mol. The van der Waals surface area contributed by atoms with Crippen molar-refractivity contribution in [3.05, 3.63) is 23.8 Å². The summed E-state index contributed by atoms with van der Waals surface area (Å²) in [6.45, 7) is 4.78. The zero-order chi connectivity index (χ0) is 11.4. The summed E-state index contributed by atoms with van der Waals surface area (Å²) in [7, 11) is 0. The van der Waals surface area contributed by atoms with Crippen LogP contribution in [0.4, 0.5) is 5.69 Å². The van der Waals surface area contributed by atoms with Crippen LogP contribution in [-0.2, 0) is 4.74 Å². The normalized spacial score (nSPS) is 17.3. The molecule has 3 heteroatoms. The van der Waals surface area contributed by atoms with E-state index in [1.807, 2.05) is 13.0 Å². The van der Waals surface area contributed by atoms with Crippen LogP contribution in [0.2, 0.25) is 0 Å². The summed E-state index contributed by atoms with van der Waals surface area (Å²) in [5.74, 6) is 1.04. The van der Waals surface area contributed by atoms with Gasteiger partial charge in [0, 0.05) is 25.4 Å². The molecule has 1 fully saturated rings. The number of aryl methyl sites for hydroxylation is 1. The van der Waals surface area contributed by atoms with Gasteiger partial charge in [-0.3, -0.25) is 0 Å². The molecule has 1 aromatic rings. The van der Waals surface area contributed by atoms with Crippen LogP contribution >= 0.6 is 0 Å². The molecule has 1 saturated heterocycles. The third-order valence-electron chi connectivity index (χ3n) is 3.13. The molecule has 0 aromatic heterocycles. The molecule has 1 aliphatic heterocycles. The highest BCUT2D eigenvalue weighted by atomic mass is 16.5. The fourth-order valence-electron chi connectivity index (χ4n) is 2.05. The lowest BCUT2D eigenvalue weighted by molar-refractivity contribution is 0.0699. The topological polar surface area (TPSA) is 41.5 Å². The predicted molar refractivity (Wildman–Crippen MR) is 64.9 cm³/mol. The zero-order valence-corrected chi connectivity index (χ0v) is 9.70. The molecule has 0 saturated carbocycles. The molecule has 0 radical (unpaired) electrons. The number of hydrogen-bond acceptors (Lipinski definition) is 3. The van der Waals surface area contributed by atoms with Crippen molar-refractivity contribution >= 4 is 5.69 Å². The van der Waals surface area contributed by atoms with E-state index in [4.69, 9.17) is 4.74 Å². The maximum atomic E-state index is 9.31. The summed E-state index contributed by atoms with van der Waals surface area (Å²) in [6, 6.07) is 5.44. The van der Waals surface area contributed by atoms with Crippen molar-refractivity contribution in [2.24, 2.45) is 5.92 Å². The van der Waals surface area contributed by atoms with E-state index >= 15 is 0 Å². The smallest absolute Gasteiger partial charge is 0.115 e. The Morgan fingerprint density at radius 1 is 1.38 bits per heavy atom. The minimum atomic E-state index is 0.328. The quantitative estimate of drug-likeness (QED) is 0.771. The summed E-state index contributed by atoms with van der Waals surface area (Å²) in [4.78, 5) is 0. The fraction of sp³-hybridized carbons (Fsp3) is 0.538. The summed E-state index contributed by atoms with van der Waals surface area (Å²) in [5.41, 5.74) is 2.20. The highest BCUT2D eigenvalue weighted by Crippen LogP contribution is 2.22. The van der Waals surface area contributed by atoms with E-state index in [0.29, 0.717) is 11.7 Å². The molecule has 2 rings (SSSR count). The van der Waals surface area contributed by atoms with Crippen molar-refractivity contribution in [3.63, 3.8) is 0 Å². The molecule has 3 nitrogen and oxygen atoms in total. The van der Waals surface area contributed by atoms with Gasteiger partial charge >= 0.3 is 0 Å². The van der Waals surface area contributed by atoms with E-state index in [1.165, 1.54) is 0 Å². The second kappa shape index (κ2) is 5.21. The molecule has 0 bridgehead atoms. The lowest BCUT2D eigenvalue weighted by Gasteiger charge is -2.23. The monoisotopic (exact) mass is 221 g/mol. The van der Waals surface area contributed by atoms with Gasteiger partial charge in [-0.2, -0.15) is 0 Å². The molecule has 0 atom stereocenters. The Bertz CT molecular complexity index is 346. The predicted octanol–water partition coefficient (Wildman–Crippen LogP) is 2.54. The molecule has 2 N–H and O–H groups in total. The highest BCUT2D eigenvalue weighted by molar-refractivity contribution is 5.53. The Kier molecular flexibility index (Phi) is 3.67. The van der Waals surface area contributed by atoms with Crippen molar-refractivity contribution in [3.8, 4) is 5.75 Å². The van der Waals surface area contributed by atoms with Gasteiger partial charge in [0.25, 0.3) is 0 Å². The van der Waals surface area contributed by atoms with Crippen LogP contribution in [0.1, 0.15) is 18.4 Å². The first kappa shape index (κ1) is 11.3. The average molecular weight is 221 g/mol. The number of rotatable bonds is 3. The molecule has 1 heterocycles. The van der Waals surface area contributed by atoms with E-state index in [0.717, 1.165) is 43.9 Å². The van der Waals surface area contributed by atoms with Crippen LogP contribution in [0.5, 0.6) is 5.75 Å². The molecule has 0 aliphatic carbocycles. The first-order chi connectivity index (χ1) is 7.75. The summed E-state index contributed by atoms with van der Waals surface area (Å²) >= 11 is 0. The number of benzene rings is 1. The van der Waals surface area contributed by atoms with Crippen molar-refractivity contribution in [2.45, 2.75) is 19.8 Å². The van der Waals surface area contributed by atoms with Crippen LogP contribution in [0.15, 0.2) is 18.2 Å². The Morgan fingerprint density at radius 3 is 2.81 bits per heavy atom. The van der Waals surface area contributed by atoms with Gasteiger partial charge in [-0.25, -0.2) is 0 Å². The maximum absolute atomic E-state index is 9.31. The molecule has 1 aliphatic rings. The third kappa shape index (κ3) is 2.89. The zero-order valence-electron chi connectivity index (χ0n) is 9.70. The van der Waals surface area contributed by atoms with Crippen LogP contribution in [0.3, 0.4) is 0 Å². The van der Waals surface area contributed by atoms with E-state index in [2.05, 4.69) is 5.32 Å². The van der Waals surface area contributed by atoms with Gasteiger partial charge in [-0.15, -0.1) is 0 Å². The van der Waals surface area contributed by atoms with E-state index < -0.39 is 0 Å². The Labute approximate surface area is 96.4 Å². The van der Waals surface area contributed by atoms with E-state index in [9.17, 15) is 5.11 Å². The molecule has 0 unspecified atom stereocenters. The van der Waals surface area contributed by atoms with Crippen molar-refractivity contribution in [1.29, 1.82) is 0 Å². The van der Waals surface area contributed by atoms with Crippen LogP contribution < -0.4 is 5.32 Å². The Balaban J connectivity index is 1.88. The summed E-state index contributed by atoms with van der Waals surface area (Å²) in [6.07, 6.45) is 2.29. The van der Waals surface area contributed by atoms with Crippen LogP contribution in [-0.4, -0.2) is 24.9 Å². The first-order valence-corrected chi connectivity index (χ1v) is 5.87. The van der Waals surface area contributed by atoms with Gasteiger partial charge in [0.05, 0.1) is 0 Å². The third-order valence-corrected chi connectivity index (χ3v) is 3.13. The number of nitrogens with one attached hydrogen (secondary N) is 1. The van der Waals surface area contributed by atoms with Crippen LogP contribution in [0, 0.1) is 12.8 Å². The minimum absolute atomic E-state index is 0.328. The van der Waals surface area contributed by atoms with E-state index in [-0.39, 0.29) is 0 Å². The molecule has 88 valence electrons. The molecule has 0 amide bonds. The SMILES string of the molecule is Cc1cc(O)ccc1NCC1CCOCC1. The van der Waals surface area contributed by atoms with Gasteiger partial charge in [0.1, 0.15) is 5.75 Å². The number of aromatic hydroxyl groups is 1. The highest BCUT2D eigenvalue weighted by Gasteiger charge is 2.13. The van der Waals surface area contributed by atoms with Crippen molar-refractivity contribution in [1.82, 2.24) is 0 Å². The average Bonchev–Trinajstić information content (AvgIpc) is 2.29. The lowest BCUT2D eigenvalue weighted by Crippen LogP contribution is -2.22. The number of phenolic OH excluding ortho intramolecular Hbond substituents is 1. The van der Waals surface area contributed by atoms with Gasteiger partial charge < -0.3 is 15.2 Å². The maximum Gasteiger partial charge on any atom is 0.115 e. The molecular formula is C13H19NO2. The standard InChI is InChI=1S/C13H19NO2/c1-10-8-12(15)2-3-13(10)14-9-11-4-6-16-7-5-11/h2-3,8,11,14-15H,4-7,9H2,1H3. The van der Waals surface area contributed by atoms with Gasteiger partial charge in [-0.05, 0) is 49.4 Å². The number of anilines is 1. The van der Waals surface area contributed by atoms with E-state index in [1.54, 1.807) is 12.1 Å². The van der Waals surface area contributed by atoms with Gasteiger partial charge in [-0.1, -0.05) is 0 Å². The number of ether oxygens (including phenoxy) is 1. The number of phenols is 1. The molecule has 1 aromatic carbocycles. The van der Waals surface area contributed by atoms with Gasteiger partial charge in [0.2, 0.25) is 0 Å². The summed E-state index contributed by atoms with van der Waals surface area (Å²) in [5, 5.41) is 12.8. The fourth-order valence-corrected chi connectivity index (χ4v) is 2.05. The minimum Gasteiger partial charge on any atom is -0.508 e. The Morgan fingerprint density at radius 2 is 2.12 bits per heavy atom. The van der Waals surface area contributed by atoms with Crippen LogP contribution in [0.25, 0.3) is 0 Å². The second-order valence-electron chi connectivity index (χ2n) is 4.44. The second-order valence-corrected chi connectivity index (χ2v) is 4.44. The number of hydrogen-bond donors (Lipinski definition) is 2. The van der Waals surface area contributed by atoms with Crippen molar-refractivity contribution in [2.75, 3.05) is 25.1 Å². The van der Waals surface area contributed by atoms with Crippen molar-refractivity contribution < 1.29 is 9.84 Å². The molecule has 16 heavy (non-hydrogen) atoms. The summed E-state index contributed by atoms with van der Waals surface area (Å²) < 4.78 is 5.33. The van der Waals surface area contributed by atoms with Gasteiger partial charge in [0.15, 0.2) is 0 Å². The largest absolute Gasteiger partial charge is 0.508 e. The first-order valence-electron chi connectivity index (χ1n) is 5.87. The Hall–Kier alpha value is -1.22.